The van der Waals surface area contributed by atoms with E-state index < -0.39 is 0 Å². The summed E-state index contributed by atoms with van der Waals surface area (Å²) in [6.07, 6.45) is 1.21. The molecule has 0 bridgehead atoms. The van der Waals surface area contributed by atoms with Crippen molar-refractivity contribution < 1.29 is 0 Å². The molecule has 1 fully saturated rings. The molecule has 0 amide bonds. The van der Waals surface area contributed by atoms with Crippen molar-refractivity contribution in [3.63, 3.8) is 0 Å². The maximum Gasteiger partial charge on any atom is 0.0589 e. The third-order valence-corrected chi connectivity index (χ3v) is 7.32. The molecule has 4 heteroatoms. The molecule has 0 saturated carbocycles. The topological polar surface area (TPSA) is 38.0 Å². The predicted octanol–water partition coefficient (Wildman–Crippen LogP) is 3.94. The van der Waals surface area contributed by atoms with Crippen LogP contribution in [0.1, 0.15) is 50.3 Å². The predicted molar refractivity (Wildman–Crippen MR) is 93.4 cm³/mol. The van der Waals surface area contributed by atoms with Crippen LogP contribution in [0.5, 0.6) is 0 Å². The van der Waals surface area contributed by atoms with Crippen molar-refractivity contribution >= 4 is 23.5 Å². The van der Waals surface area contributed by atoms with Gasteiger partial charge in [-0.25, -0.2) is 0 Å². The maximum atomic E-state index is 5.88. The molecule has 3 unspecified atom stereocenters. The number of hydrazine groups is 1. The van der Waals surface area contributed by atoms with E-state index in [1.165, 1.54) is 29.1 Å². The highest BCUT2D eigenvalue weighted by molar-refractivity contribution is 8.07. The Labute approximate surface area is 131 Å². The van der Waals surface area contributed by atoms with Gasteiger partial charge in [0.1, 0.15) is 0 Å². The van der Waals surface area contributed by atoms with Gasteiger partial charge in [-0.1, -0.05) is 45.0 Å². The van der Waals surface area contributed by atoms with Crippen molar-refractivity contribution in [2.75, 3.05) is 11.5 Å². The van der Waals surface area contributed by atoms with Gasteiger partial charge in [-0.05, 0) is 23.5 Å². The maximum absolute atomic E-state index is 5.88. The van der Waals surface area contributed by atoms with Gasteiger partial charge in [0.2, 0.25) is 0 Å². The molecule has 1 heterocycles. The lowest BCUT2D eigenvalue weighted by atomic mass is 9.96. The number of hydrogen-bond acceptors (Lipinski definition) is 4. The Morgan fingerprint density at radius 3 is 2.30 bits per heavy atom. The monoisotopic (exact) mass is 310 g/mol. The molecule has 2 rings (SSSR count). The van der Waals surface area contributed by atoms with E-state index in [4.69, 9.17) is 5.84 Å². The van der Waals surface area contributed by atoms with Crippen LogP contribution in [-0.4, -0.2) is 22.0 Å². The summed E-state index contributed by atoms with van der Waals surface area (Å²) in [6.45, 7) is 6.74. The average molecular weight is 311 g/mol. The van der Waals surface area contributed by atoms with Crippen molar-refractivity contribution in [3.05, 3.63) is 35.4 Å². The molecule has 1 saturated heterocycles. The lowest BCUT2D eigenvalue weighted by Gasteiger charge is -2.35. The second kappa shape index (κ2) is 7.74. The number of benzene rings is 1. The Morgan fingerprint density at radius 1 is 1.15 bits per heavy atom. The van der Waals surface area contributed by atoms with Gasteiger partial charge < -0.3 is 0 Å². The molecule has 1 aromatic carbocycles. The first-order valence-electron chi connectivity index (χ1n) is 7.46. The minimum atomic E-state index is 0.249. The number of nitrogens with two attached hydrogens (primary N) is 1. The van der Waals surface area contributed by atoms with Crippen LogP contribution in [0.3, 0.4) is 0 Å². The zero-order valence-electron chi connectivity index (χ0n) is 12.6. The van der Waals surface area contributed by atoms with Gasteiger partial charge in [0, 0.05) is 22.0 Å². The number of nitrogens with one attached hydrogen (secondary N) is 1. The Hall–Kier alpha value is -0.160. The van der Waals surface area contributed by atoms with Gasteiger partial charge in [0.15, 0.2) is 0 Å². The third kappa shape index (κ3) is 3.73. The van der Waals surface area contributed by atoms with Crippen molar-refractivity contribution in [3.8, 4) is 0 Å². The first kappa shape index (κ1) is 16.2. The van der Waals surface area contributed by atoms with E-state index in [1.807, 2.05) is 0 Å². The van der Waals surface area contributed by atoms with E-state index in [1.54, 1.807) is 0 Å². The van der Waals surface area contributed by atoms with Crippen LogP contribution in [-0.2, 0) is 0 Å². The van der Waals surface area contributed by atoms with Crippen molar-refractivity contribution in [1.29, 1.82) is 0 Å². The lowest BCUT2D eigenvalue weighted by molar-refractivity contribution is 0.513. The summed E-state index contributed by atoms with van der Waals surface area (Å²) in [6, 6.07) is 9.22. The third-order valence-electron chi connectivity index (χ3n) is 3.96. The Morgan fingerprint density at radius 2 is 1.75 bits per heavy atom. The minimum Gasteiger partial charge on any atom is -0.271 e. The van der Waals surface area contributed by atoms with Crippen LogP contribution in [0.25, 0.3) is 0 Å². The van der Waals surface area contributed by atoms with E-state index in [2.05, 4.69) is 74.0 Å². The second-order valence-corrected chi connectivity index (χ2v) is 8.25. The second-order valence-electron chi connectivity index (χ2n) is 5.62. The van der Waals surface area contributed by atoms with E-state index in [9.17, 15) is 0 Å². The summed E-state index contributed by atoms with van der Waals surface area (Å²) in [5, 5.41) is 1.26. The number of rotatable bonds is 5. The van der Waals surface area contributed by atoms with E-state index in [-0.39, 0.29) is 6.04 Å². The van der Waals surface area contributed by atoms with E-state index >= 15 is 0 Å². The van der Waals surface area contributed by atoms with E-state index in [0.717, 1.165) is 0 Å². The minimum absolute atomic E-state index is 0.249. The smallest absolute Gasteiger partial charge is 0.0589 e. The largest absolute Gasteiger partial charge is 0.271 e. The highest BCUT2D eigenvalue weighted by Crippen LogP contribution is 2.40. The average Bonchev–Trinajstić information content (AvgIpc) is 2.49. The summed E-state index contributed by atoms with van der Waals surface area (Å²) >= 11 is 4.17. The number of thioether (sulfide) groups is 2. The molecule has 20 heavy (non-hydrogen) atoms. The lowest BCUT2D eigenvalue weighted by Crippen LogP contribution is -2.41. The molecule has 1 aliphatic heterocycles. The van der Waals surface area contributed by atoms with Crippen molar-refractivity contribution in [1.82, 2.24) is 5.43 Å². The molecule has 0 aliphatic carbocycles. The fourth-order valence-corrected chi connectivity index (χ4v) is 5.95. The van der Waals surface area contributed by atoms with Crippen LogP contribution in [0, 0.1) is 0 Å². The van der Waals surface area contributed by atoms with Crippen molar-refractivity contribution in [2.24, 2.45) is 5.84 Å². The first-order valence-corrected chi connectivity index (χ1v) is 9.56. The Bertz CT molecular complexity index is 405. The molecule has 3 N–H and O–H groups in total. The molecule has 1 aliphatic rings. The van der Waals surface area contributed by atoms with Crippen LogP contribution < -0.4 is 11.3 Å². The molecule has 1 aromatic rings. The van der Waals surface area contributed by atoms with Crippen LogP contribution in [0.2, 0.25) is 0 Å². The summed E-state index contributed by atoms with van der Waals surface area (Å²) < 4.78 is 0. The molecule has 0 radical (unpaired) electrons. The fraction of sp³-hybridized carbons (Fsp3) is 0.625. The molecule has 112 valence electrons. The highest BCUT2D eigenvalue weighted by Gasteiger charge is 2.32. The fourth-order valence-electron chi connectivity index (χ4n) is 2.72. The molecule has 0 aromatic heterocycles. The van der Waals surface area contributed by atoms with Gasteiger partial charge in [0.25, 0.3) is 0 Å². The van der Waals surface area contributed by atoms with Crippen LogP contribution in [0.15, 0.2) is 24.3 Å². The molecule has 2 nitrogen and oxygen atoms in total. The number of hydrogen-bond donors (Lipinski definition) is 2. The standard InChI is InChI=1S/C16H26N2S2/c1-4-14-16(20-10-9-19-14)15(18-17)13-7-5-12(6-8-13)11(2)3/h5-8,11,14-16,18H,4,9-10,17H2,1-3H3. The molecule has 0 spiro atoms. The van der Waals surface area contributed by atoms with Gasteiger partial charge in [0.05, 0.1) is 6.04 Å². The molecule has 3 atom stereocenters. The van der Waals surface area contributed by atoms with Crippen LogP contribution >= 0.6 is 23.5 Å². The van der Waals surface area contributed by atoms with Crippen molar-refractivity contribution in [2.45, 2.75) is 49.7 Å². The zero-order valence-corrected chi connectivity index (χ0v) is 14.3. The summed E-state index contributed by atoms with van der Waals surface area (Å²) in [5.74, 6) is 8.96. The van der Waals surface area contributed by atoms with Gasteiger partial charge in [-0.3, -0.25) is 11.3 Å². The molecular weight excluding hydrogens is 284 g/mol. The summed E-state index contributed by atoms with van der Waals surface area (Å²) in [5.41, 5.74) is 5.77. The summed E-state index contributed by atoms with van der Waals surface area (Å²) in [4.78, 5) is 0. The Balaban J connectivity index is 2.17. The SMILES string of the molecule is CCC1SCCSC1C(NN)c1ccc(C(C)C)cc1. The van der Waals surface area contributed by atoms with Gasteiger partial charge in [-0.2, -0.15) is 23.5 Å². The quantitative estimate of drug-likeness (QED) is 0.638. The van der Waals surface area contributed by atoms with Crippen LogP contribution in [0.4, 0.5) is 0 Å². The van der Waals surface area contributed by atoms with Gasteiger partial charge >= 0.3 is 0 Å². The zero-order chi connectivity index (χ0) is 14.5. The normalized spacial score (nSPS) is 24.9. The van der Waals surface area contributed by atoms with E-state index in [0.29, 0.717) is 16.4 Å². The first-order chi connectivity index (χ1) is 9.67. The Kier molecular flexibility index (Phi) is 6.27. The van der Waals surface area contributed by atoms with Gasteiger partial charge in [-0.15, -0.1) is 0 Å². The molecular formula is C16H26N2S2. The highest BCUT2D eigenvalue weighted by atomic mass is 32.2. The summed E-state index contributed by atoms with van der Waals surface area (Å²) in [7, 11) is 0.